The highest BCUT2D eigenvalue weighted by atomic mass is 19.4. The third-order valence-corrected chi connectivity index (χ3v) is 9.84. The molecule has 2 N–H and O–H groups in total. The van der Waals surface area contributed by atoms with Crippen molar-refractivity contribution in [3.63, 3.8) is 0 Å². The van der Waals surface area contributed by atoms with Crippen LogP contribution in [0, 0.1) is 23.2 Å². The van der Waals surface area contributed by atoms with Crippen LogP contribution in [0.5, 0.6) is 0 Å². The van der Waals surface area contributed by atoms with Crippen LogP contribution in [-0.2, 0) is 0 Å². The second-order valence-corrected chi connectivity index (χ2v) is 11.8. The zero-order valence-electron chi connectivity index (χ0n) is 20.8. The number of nitrogens with zero attached hydrogens (tertiary/aromatic N) is 1. The topological polar surface area (TPSA) is 43.7 Å². The predicted molar refractivity (Wildman–Crippen MR) is 129 cm³/mol. The highest BCUT2D eigenvalue weighted by molar-refractivity contribution is 5.38. The lowest BCUT2D eigenvalue weighted by Crippen LogP contribution is -2.53. The minimum Gasteiger partial charge on any atom is -0.388 e. The van der Waals surface area contributed by atoms with E-state index < -0.39 is 17.9 Å². The van der Waals surface area contributed by atoms with Crippen molar-refractivity contribution in [1.82, 2.24) is 4.90 Å². The Balaban J connectivity index is 1.36. The number of aliphatic hydroxyl groups excluding tert-OH is 1. The molecule has 1 aliphatic heterocycles. The summed E-state index contributed by atoms with van der Waals surface area (Å²) in [5.41, 5.74) is 1.32. The Morgan fingerprint density at radius 1 is 1.09 bits per heavy atom. The van der Waals surface area contributed by atoms with E-state index >= 15 is 0 Å². The first-order valence-corrected chi connectivity index (χ1v) is 13.2. The van der Waals surface area contributed by atoms with Crippen LogP contribution >= 0.6 is 0 Å². The molecule has 6 heteroatoms. The standard InChI is InChI=1S/C28H42F3NO2/c1-19-6-7-21(20(2)25(19)33)8-9-22-5-4-13-26(3)23(10-11-24(22)26)12-16-32-17-14-27(34,15-18-32)28(29,30)31/h8-9,19,23-25,33-34H,2,4-7,10-18H2,1,3H3/b21-8-,22-9+/t19-,23+,24?,25?,26?/m0/s1. The van der Waals surface area contributed by atoms with Crippen LogP contribution in [0.3, 0.4) is 0 Å². The monoisotopic (exact) mass is 481 g/mol. The minimum atomic E-state index is -4.54. The molecule has 0 bridgehead atoms. The molecule has 4 rings (SSSR count). The van der Waals surface area contributed by atoms with E-state index in [0.29, 0.717) is 24.9 Å². The second kappa shape index (κ2) is 9.74. The number of likely N-dealkylation sites (tertiary alicyclic amines) is 1. The number of piperidine rings is 1. The Bertz CT molecular complexity index is 824. The molecule has 5 atom stereocenters. The summed E-state index contributed by atoms with van der Waals surface area (Å²) >= 11 is 0. The summed E-state index contributed by atoms with van der Waals surface area (Å²) in [5.74, 6) is 1.43. The van der Waals surface area contributed by atoms with Crippen LogP contribution in [0.2, 0.25) is 0 Å². The quantitative estimate of drug-likeness (QED) is 0.504. The number of hydrogen-bond donors (Lipinski definition) is 2. The summed E-state index contributed by atoms with van der Waals surface area (Å²) in [6, 6.07) is 0. The van der Waals surface area contributed by atoms with Gasteiger partial charge in [0.2, 0.25) is 0 Å². The van der Waals surface area contributed by atoms with Gasteiger partial charge in [-0.1, -0.05) is 38.2 Å². The number of aliphatic hydroxyl groups is 2. The molecule has 3 saturated carbocycles. The normalized spacial score (nSPS) is 39.6. The molecular formula is C28H42F3NO2. The van der Waals surface area contributed by atoms with E-state index in [1.165, 1.54) is 36.8 Å². The Labute approximate surface area is 202 Å². The van der Waals surface area contributed by atoms with Gasteiger partial charge in [0.05, 0.1) is 6.10 Å². The first-order chi connectivity index (χ1) is 15.9. The average Bonchev–Trinajstić information content (AvgIpc) is 3.12. The summed E-state index contributed by atoms with van der Waals surface area (Å²) in [6.07, 6.45) is 7.99. The largest absolute Gasteiger partial charge is 0.417 e. The molecule has 34 heavy (non-hydrogen) atoms. The summed E-state index contributed by atoms with van der Waals surface area (Å²) in [7, 11) is 0. The van der Waals surface area contributed by atoms with Gasteiger partial charge in [0.1, 0.15) is 0 Å². The number of hydrogen-bond acceptors (Lipinski definition) is 3. The smallest absolute Gasteiger partial charge is 0.388 e. The van der Waals surface area contributed by atoms with Crippen molar-refractivity contribution in [3.8, 4) is 0 Å². The van der Waals surface area contributed by atoms with Gasteiger partial charge in [-0.3, -0.25) is 0 Å². The molecule has 3 nitrogen and oxygen atoms in total. The van der Waals surface area contributed by atoms with Crippen LogP contribution in [0.4, 0.5) is 13.2 Å². The summed E-state index contributed by atoms with van der Waals surface area (Å²) in [5, 5.41) is 20.3. The number of halogens is 3. The fraction of sp³-hybridized carbons (Fsp3) is 0.786. The number of allylic oxidation sites excluding steroid dienone is 3. The Morgan fingerprint density at radius 3 is 2.47 bits per heavy atom. The summed E-state index contributed by atoms with van der Waals surface area (Å²) in [6.45, 7) is 10.1. The average molecular weight is 482 g/mol. The molecule has 3 unspecified atom stereocenters. The first-order valence-electron chi connectivity index (χ1n) is 13.2. The molecule has 4 aliphatic rings. The maximum Gasteiger partial charge on any atom is 0.417 e. The van der Waals surface area contributed by atoms with Crippen LogP contribution < -0.4 is 0 Å². The summed E-state index contributed by atoms with van der Waals surface area (Å²) < 4.78 is 39.3. The fourth-order valence-corrected chi connectivity index (χ4v) is 7.22. The highest BCUT2D eigenvalue weighted by Crippen LogP contribution is 2.58. The SMILES string of the molecule is C=C1/C(=C\C=C2/CCCC3(C)C2CC[C@@H]3CCN2CCC(O)(C(F)(F)F)CC2)CC[C@H](C)C1O. The highest BCUT2D eigenvalue weighted by Gasteiger charge is 2.54. The number of fused-ring (bicyclic) bond motifs is 1. The zero-order chi connectivity index (χ0) is 24.7. The summed E-state index contributed by atoms with van der Waals surface area (Å²) in [4.78, 5) is 2.11. The molecule has 1 heterocycles. The van der Waals surface area contributed by atoms with Gasteiger partial charge >= 0.3 is 6.18 Å². The molecule has 4 fully saturated rings. The lowest BCUT2D eigenvalue weighted by atomic mass is 9.63. The Hall–Kier alpha value is -1.11. The van der Waals surface area contributed by atoms with Gasteiger partial charge in [-0.05, 0) is 105 Å². The van der Waals surface area contributed by atoms with Gasteiger partial charge in [0, 0.05) is 13.1 Å². The minimum absolute atomic E-state index is 0.221. The van der Waals surface area contributed by atoms with E-state index in [1.54, 1.807) is 0 Å². The molecule has 0 aromatic heterocycles. The van der Waals surface area contributed by atoms with Crippen molar-refractivity contribution >= 4 is 0 Å². The predicted octanol–water partition coefficient (Wildman–Crippen LogP) is 6.18. The molecule has 1 saturated heterocycles. The molecule has 3 aliphatic carbocycles. The van der Waals surface area contributed by atoms with Crippen molar-refractivity contribution < 1.29 is 23.4 Å². The number of rotatable bonds is 4. The molecule has 192 valence electrons. The Morgan fingerprint density at radius 2 is 1.79 bits per heavy atom. The van der Waals surface area contributed by atoms with Gasteiger partial charge in [-0.2, -0.15) is 13.2 Å². The molecular weight excluding hydrogens is 439 g/mol. The second-order valence-electron chi connectivity index (χ2n) is 11.8. The third kappa shape index (κ3) is 4.92. The zero-order valence-corrected chi connectivity index (χ0v) is 20.8. The molecule has 0 aromatic carbocycles. The van der Waals surface area contributed by atoms with Gasteiger partial charge in [-0.15, -0.1) is 0 Å². The van der Waals surface area contributed by atoms with E-state index in [-0.39, 0.29) is 24.2 Å². The maximum atomic E-state index is 13.1. The van der Waals surface area contributed by atoms with E-state index in [4.69, 9.17) is 0 Å². The molecule has 0 amide bonds. The van der Waals surface area contributed by atoms with Gasteiger partial charge < -0.3 is 15.1 Å². The van der Waals surface area contributed by atoms with Crippen LogP contribution in [0.15, 0.2) is 35.5 Å². The van der Waals surface area contributed by atoms with Crippen molar-refractivity contribution in [3.05, 3.63) is 35.5 Å². The van der Waals surface area contributed by atoms with E-state index in [2.05, 4.69) is 37.5 Å². The van der Waals surface area contributed by atoms with Gasteiger partial charge in [0.15, 0.2) is 5.60 Å². The Kier molecular flexibility index (Phi) is 7.44. The van der Waals surface area contributed by atoms with Gasteiger partial charge in [0.25, 0.3) is 0 Å². The van der Waals surface area contributed by atoms with Crippen LogP contribution in [0.1, 0.15) is 78.1 Å². The third-order valence-electron chi connectivity index (χ3n) is 9.84. The lowest BCUT2D eigenvalue weighted by molar-refractivity contribution is -0.272. The fourth-order valence-electron chi connectivity index (χ4n) is 7.22. The molecule has 0 aromatic rings. The van der Waals surface area contributed by atoms with Crippen LogP contribution in [-0.4, -0.2) is 52.6 Å². The van der Waals surface area contributed by atoms with Crippen molar-refractivity contribution in [2.24, 2.45) is 23.2 Å². The van der Waals surface area contributed by atoms with Crippen molar-refractivity contribution in [2.75, 3.05) is 19.6 Å². The molecule has 0 radical (unpaired) electrons. The maximum absolute atomic E-state index is 13.1. The van der Waals surface area contributed by atoms with Crippen molar-refractivity contribution in [2.45, 2.75) is 95.9 Å². The first kappa shape index (κ1) is 26.0. The van der Waals surface area contributed by atoms with E-state index in [1.807, 2.05) is 0 Å². The van der Waals surface area contributed by atoms with E-state index in [0.717, 1.165) is 37.8 Å². The van der Waals surface area contributed by atoms with Crippen molar-refractivity contribution in [1.29, 1.82) is 0 Å². The van der Waals surface area contributed by atoms with Gasteiger partial charge in [-0.25, -0.2) is 0 Å². The lowest BCUT2D eigenvalue weighted by Gasteiger charge is -2.44. The number of alkyl halides is 3. The molecule has 0 spiro atoms. The van der Waals surface area contributed by atoms with E-state index in [9.17, 15) is 23.4 Å². The van der Waals surface area contributed by atoms with Crippen LogP contribution in [0.25, 0.3) is 0 Å².